The molecule has 2 aliphatic heterocycles. The van der Waals surface area contributed by atoms with Gasteiger partial charge in [0.15, 0.2) is 0 Å². The number of amides is 1. The summed E-state index contributed by atoms with van der Waals surface area (Å²) in [6, 6.07) is 18.7. The Morgan fingerprint density at radius 3 is 2.18 bits per heavy atom. The van der Waals surface area contributed by atoms with Crippen molar-refractivity contribution in [2.24, 2.45) is 0 Å². The van der Waals surface area contributed by atoms with Gasteiger partial charge in [0, 0.05) is 24.7 Å². The molecule has 0 spiro atoms. The van der Waals surface area contributed by atoms with E-state index in [0.717, 1.165) is 50.3 Å². The summed E-state index contributed by atoms with van der Waals surface area (Å²) in [6.45, 7) is 4.01. The summed E-state index contributed by atoms with van der Waals surface area (Å²) in [6.07, 6.45) is 4.53. The predicted molar refractivity (Wildman–Crippen MR) is 112 cm³/mol. The van der Waals surface area contributed by atoms with Crippen molar-refractivity contribution < 1.29 is 9.53 Å². The molecule has 0 radical (unpaired) electrons. The SMILES string of the molecule is COc1ccccc1C1CCN(C2CCN(C(=O)c3ccccc3)CC2)CC1. The number of ether oxygens (including phenoxy) is 1. The molecule has 2 aliphatic rings. The summed E-state index contributed by atoms with van der Waals surface area (Å²) in [5.41, 5.74) is 2.16. The summed E-state index contributed by atoms with van der Waals surface area (Å²) in [5, 5.41) is 0. The molecule has 1 amide bonds. The number of piperidine rings is 2. The number of carbonyl (C=O) groups is 1. The number of hydrogen-bond acceptors (Lipinski definition) is 3. The standard InChI is InChI=1S/C24H30N2O2/c1-28-23-10-6-5-9-22(23)19-11-15-25(16-12-19)21-13-17-26(18-14-21)24(27)20-7-3-2-4-8-20/h2-10,19,21H,11-18H2,1H3. The monoisotopic (exact) mass is 378 g/mol. The van der Waals surface area contributed by atoms with Crippen LogP contribution in [0.4, 0.5) is 0 Å². The second-order valence-electron chi connectivity index (χ2n) is 7.94. The lowest BCUT2D eigenvalue weighted by molar-refractivity contribution is 0.0577. The first kappa shape index (κ1) is 19.0. The number of likely N-dealkylation sites (tertiary alicyclic amines) is 2. The Morgan fingerprint density at radius 1 is 0.857 bits per heavy atom. The molecule has 4 nitrogen and oxygen atoms in total. The second kappa shape index (κ2) is 8.78. The Balaban J connectivity index is 1.29. The van der Waals surface area contributed by atoms with E-state index in [9.17, 15) is 4.79 Å². The summed E-state index contributed by atoms with van der Waals surface area (Å²) in [4.78, 5) is 17.3. The Labute approximate surface area is 168 Å². The van der Waals surface area contributed by atoms with E-state index in [1.165, 1.54) is 18.4 Å². The molecule has 28 heavy (non-hydrogen) atoms. The van der Waals surface area contributed by atoms with Crippen LogP contribution < -0.4 is 4.74 Å². The second-order valence-corrected chi connectivity index (χ2v) is 7.94. The van der Waals surface area contributed by atoms with Crippen LogP contribution in [0.2, 0.25) is 0 Å². The van der Waals surface area contributed by atoms with Gasteiger partial charge in [0.2, 0.25) is 0 Å². The van der Waals surface area contributed by atoms with Crippen LogP contribution in [0.25, 0.3) is 0 Å². The van der Waals surface area contributed by atoms with Gasteiger partial charge in [0.1, 0.15) is 5.75 Å². The van der Waals surface area contributed by atoms with Gasteiger partial charge in [-0.05, 0) is 68.5 Å². The van der Waals surface area contributed by atoms with Crippen molar-refractivity contribution in [2.45, 2.75) is 37.6 Å². The van der Waals surface area contributed by atoms with Gasteiger partial charge in [-0.2, -0.15) is 0 Å². The van der Waals surface area contributed by atoms with Crippen LogP contribution in [-0.2, 0) is 0 Å². The van der Waals surface area contributed by atoms with Crippen LogP contribution in [0.1, 0.15) is 47.5 Å². The van der Waals surface area contributed by atoms with Gasteiger partial charge in [0.05, 0.1) is 7.11 Å². The number of methoxy groups -OCH3 is 1. The zero-order valence-corrected chi connectivity index (χ0v) is 16.7. The zero-order chi connectivity index (χ0) is 19.3. The highest BCUT2D eigenvalue weighted by Gasteiger charge is 2.30. The molecule has 0 aliphatic carbocycles. The molecule has 2 heterocycles. The van der Waals surface area contributed by atoms with E-state index in [1.54, 1.807) is 7.11 Å². The van der Waals surface area contributed by atoms with E-state index in [0.29, 0.717) is 12.0 Å². The normalized spacial score (nSPS) is 19.5. The van der Waals surface area contributed by atoms with Crippen molar-refractivity contribution in [1.82, 2.24) is 9.80 Å². The van der Waals surface area contributed by atoms with E-state index in [1.807, 2.05) is 41.3 Å². The fourth-order valence-corrected chi connectivity index (χ4v) is 4.78. The average Bonchev–Trinajstić information content (AvgIpc) is 2.79. The average molecular weight is 379 g/mol. The Hall–Kier alpha value is -2.33. The minimum Gasteiger partial charge on any atom is -0.496 e. The Morgan fingerprint density at radius 2 is 1.50 bits per heavy atom. The maximum absolute atomic E-state index is 12.6. The highest BCUT2D eigenvalue weighted by atomic mass is 16.5. The van der Waals surface area contributed by atoms with E-state index < -0.39 is 0 Å². The number of carbonyl (C=O) groups excluding carboxylic acids is 1. The van der Waals surface area contributed by atoms with Crippen LogP contribution >= 0.6 is 0 Å². The van der Waals surface area contributed by atoms with Gasteiger partial charge < -0.3 is 14.5 Å². The smallest absolute Gasteiger partial charge is 0.253 e. The van der Waals surface area contributed by atoms with Crippen molar-refractivity contribution in [1.29, 1.82) is 0 Å². The lowest BCUT2D eigenvalue weighted by Gasteiger charge is -2.42. The van der Waals surface area contributed by atoms with Gasteiger partial charge in [-0.3, -0.25) is 4.79 Å². The summed E-state index contributed by atoms with van der Waals surface area (Å²) in [5.74, 6) is 1.79. The topological polar surface area (TPSA) is 32.8 Å². The molecule has 2 aromatic rings. The maximum atomic E-state index is 12.6. The van der Waals surface area contributed by atoms with E-state index in [2.05, 4.69) is 23.1 Å². The van der Waals surface area contributed by atoms with Crippen LogP contribution in [0.3, 0.4) is 0 Å². The Bertz CT molecular complexity index is 776. The molecule has 0 bridgehead atoms. The molecule has 148 valence electrons. The van der Waals surface area contributed by atoms with Crippen LogP contribution in [-0.4, -0.2) is 55.0 Å². The highest BCUT2D eigenvalue weighted by Crippen LogP contribution is 2.35. The van der Waals surface area contributed by atoms with Gasteiger partial charge in [-0.1, -0.05) is 36.4 Å². The molecule has 0 aromatic heterocycles. The molecule has 2 saturated heterocycles. The fraction of sp³-hybridized carbons (Fsp3) is 0.458. The van der Waals surface area contributed by atoms with Gasteiger partial charge in [-0.25, -0.2) is 0 Å². The number of benzene rings is 2. The third kappa shape index (κ3) is 4.07. The Kier molecular flexibility index (Phi) is 5.96. The number of para-hydroxylation sites is 1. The first-order valence-electron chi connectivity index (χ1n) is 10.5. The predicted octanol–water partition coefficient (Wildman–Crippen LogP) is 4.18. The quantitative estimate of drug-likeness (QED) is 0.800. The fourth-order valence-electron chi connectivity index (χ4n) is 4.78. The van der Waals surface area contributed by atoms with Crippen LogP contribution in [0.15, 0.2) is 54.6 Å². The molecule has 4 rings (SSSR count). The largest absolute Gasteiger partial charge is 0.496 e. The molecule has 0 saturated carbocycles. The van der Waals surface area contributed by atoms with Crippen molar-refractivity contribution >= 4 is 5.91 Å². The van der Waals surface area contributed by atoms with E-state index in [4.69, 9.17) is 4.74 Å². The first-order chi connectivity index (χ1) is 13.8. The molecular weight excluding hydrogens is 348 g/mol. The molecule has 0 N–H and O–H groups in total. The van der Waals surface area contributed by atoms with Gasteiger partial charge >= 0.3 is 0 Å². The summed E-state index contributed by atoms with van der Waals surface area (Å²) in [7, 11) is 1.76. The molecule has 0 atom stereocenters. The third-order valence-electron chi connectivity index (χ3n) is 6.40. The lowest BCUT2D eigenvalue weighted by Crippen LogP contribution is -2.48. The van der Waals surface area contributed by atoms with Crippen LogP contribution in [0, 0.1) is 0 Å². The van der Waals surface area contributed by atoms with E-state index in [-0.39, 0.29) is 5.91 Å². The molecular formula is C24H30N2O2. The van der Waals surface area contributed by atoms with E-state index >= 15 is 0 Å². The number of nitrogens with zero attached hydrogens (tertiary/aromatic N) is 2. The summed E-state index contributed by atoms with van der Waals surface area (Å²) < 4.78 is 5.56. The molecule has 2 aromatic carbocycles. The van der Waals surface area contributed by atoms with Crippen molar-refractivity contribution in [2.75, 3.05) is 33.3 Å². The minimum absolute atomic E-state index is 0.175. The number of hydrogen-bond donors (Lipinski definition) is 0. The molecule has 2 fully saturated rings. The van der Waals surface area contributed by atoms with Crippen molar-refractivity contribution in [3.8, 4) is 5.75 Å². The zero-order valence-electron chi connectivity index (χ0n) is 16.7. The first-order valence-corrected chi connectivity index (χ1v) is 10.5. The maximum Gasteiger partial charge on any atom is 0.253 e. The highest BCUT2D eigenvalue weighted by molar-refractivity contribution is 5.94. The van der Waals surface area contributed by atoms with Gasteiger partial charge in [-0.15, -0.1) is 0 Å². The minimum atomic E-state index is 0.175. The molecule has 0 unspecified atom stereocenters. The van der Waals surface area contributed by atoms with Crippen molar-refractivity contribution in [3.63, 3.8) is 0 Å². The van der Waals surface area contributed by atoms with Crippen LogP contribution in [0.5, 0.6) is 5.75 Å². The molecule has 4 heteroatoms. The lowest BCUT2D eigenvalue weighted by atomic mass is 9.87. The van der Waals surface area contributed by atoms with Crippen molar-refractivity contribution in [3.05, 3.63) is 65.7 Å². The summed E-state index contributed by atoms with van der Waals surface area (Å²) >= 11 is 0. The number of rotatable bonds is 4. The third-order valence-corrected chi connectivity index (χ3v) is 6.40. The van der Waals surface area contributed by atoms with Gasteiger partial charge in [0.25, 0.3) is 5.91 Å².